The van der Waals surface area contributed by atoms with Crippen molar-refractivity contribution in [1.29, 1.82) is 0 Å². The predicted molar refractivity (Wildman–Crippen MR) is 40.4 cm³/mol. The average Bonchev–Trinajstić information content (AvgIpc) is 1.94. The van der Waals surface area contributed by atoms with Gasteiger partial charge in [-0.05, 0) is 6.42 Å². The third-order valence-corrected chi connectivity index (χ3v) is 3.66. The van der Waals surface area contributed by atoms with E-state index < -0.39 is 33.6 Å². The Labute approximate surface area is 69.9 Å². The first kappa shape index (κ1) is 9.47. The molecule has 0 amide bonds. The molecule has 0 bridgehead atoms. The van der Waals surface area contributed by atoms with E-state index in [4.69, 9.17) is 10.2 Å². The lowest BCUT2D eigenvalue weighted by atomic mass is 10.0. The number of carboxylic acid groups (broad SMARTS) is 1. The van der Waals surface area contributed by atoms with Gasteiger partial charge in [-0.15, -0.1) is 0 Å². The Kier molecular flexibility index (Phi) is 2.39. The van der Waals surface area contributed by atoms with Gasteiger partial charge in [0.2, 0.25) is 0 Å². The minimum absolute atomic E-state index is 0.0271. The summed E-state index contributed by atoms with van der Waals surface area (Å²) < 4.78 is 21.9. The van der Waals surface area contributed by atoms with E-state index in [2.05, 4.69) is 0 Å². The molecule has 0 aromatic rings. The van der Waals surface area contributed by atoms with Gasteiger partial charge in [-0.3, -0.25) is 4.79 Å². The van der Waals surface area contributed by atoms with Crippen molar-refractivity contribution in [1.82, 2.24) is 0 Å². The molecule has 70 valence electrons. The third kappa shape index (κ3) is 1.95. The first-order valence-electron chi connectivity index (χ1n) is 3.54. The Hall–Kier alpha value is -0.620. The molecule has 6 heteroatoms. The maximum Gasteiger partial charge on any atom is 0.310 e. The number of carbonyl (C=O) groups is 1. The largest absolute Gasteiger partial charge is 0.481 e. The molecule has 5 nitrogen and oxygen atoms in total. The number of aliphatic carboxylic acids is 1. The molecule has 1 aliphatic heterocycles. The number of carboxylic acids is 1. The van der Waals surface area contributed by atoms with Crippen molar-refractivity contribution < 1.29 is 23.4 Å². The van der Waals surface area contributed by atoms with E-state index in [0.29, 0.717) is 0 Å². The summed E-state index contributed by atoms with van der Waals surface area (Å²) in [4.78, 5) is 10.4. The van der Waals surface area contributed by atoms with Crippen LogP contribution in [0.4, 0.5) is 0 Å². The second-order valence-electron chi connectivity index (χ2n) is 2.92. The molecular weight excluding hydrogens is 184 g/mol. The number of hydrogen-bond acceptors (Lipinski definition) is 4. The van der Waals surface area contributed by atoms with Crippen LogP contribution in [0, 0.1) is 5.92 Å². The van der Waals surface area contributed by atoms with Gasteiger partial charge in [0.15, 0.2) is 9.84 Å². The summed E-state index contributed by atoms with van der Waals surface area (Å²) in [6.07, 6.45) is -0.995. The summed E-state index contributed by atoms with van der Waals surface area (Å²) in [7, 11) is -3.25. The lowest BCUT2D eigenvalue weighted by Crippen LogP contribution is -2.40. The summed E-state index contributed by atoms with van der Waals surface area (Å²) in [5.41, 5.74) is 0. The molecule has 1 fully saturated rings. The van der Waals surface area contributed by atoms with Gasteiger partial charge in [-0.25, -0.2) is 8.42 Å². The average molecular weight is 194 g/mol. The summed E-state index contributed by atoms with van der Waals surface area (Å²) in [5.74, 6) is -2.95. The molecule has 12 heavy (non-hydrogen) atoms. The van der Waals surface area contributed by atoms with Gasteiger partial charge < -0.3 is 10.2 Å². The molecule has 0 spiro atoms. The zero-order chi connectivity index (χ0) is 9.35. The lowest BCUT2D eigenvalue weighted by Gasteiger charge is -2.23. The van der Waals surface area contributed by atoms with Crippen molar-refractivity contribution in [2.24, 2.45) is 5.92 Å². The quantitative estimate of drug-likeness (QED) is 0.551. The summed E-state index contributed by atoms with van der Waals surface area (Å²) >= 11 is 0. The first-order chi connectivity index (χ1) is 5.42. The minimum Gasteiger partial charge on any atom is -0.481 e. The molecule has 0 radical (unpaired) electrons. The fourth-order valence-corrected chi connectivity index (χ4v) is 2.88. The van der Waals surface area contributed by atoms with Crippen LogP contribution in [0.15, 0.2) is 0 Å². The maximum absolute atomic E-state index is 10.9. The lowest BCUT2D eigenvalue weighted by molar-refractivity contribution is -0.144. The van der Waals surface area contributed by atoms with Gasteiger partial charge in [0.1, 0.15) is 0 Å². The summed E-state index contributed by atoms with van der Waals surface area (Å²) in [6, 6.07) is 0. The van der Waals surface area contributed by atoms with Crippen LogP contribution in [-0.4, -0.2) is 42.2 Å². The summed E-state index contributed by atoms with van der Waals surface area (Å²) in [6.45, 7) is 0. The third-order valence-electron chi connectivity index (χ3n) is 1.94. The topological polar surface area (TPSA) is 91.7 Å². The van der Waals surface area contributed by atoms with Crippen LogP contribution in [0.25, 0.3) is 0 Å². The first-order valence-corrected chi connectivity index (χ1v) is 5.36. The van der Waals surface area contributed by atoms with E-state index in [1.807, 2.05) is 0 Å². The molecular formula is C6H10O5S. The standard InChI is InChI=1S/C6H10O5S/c7-5-1-2-12(10,11)3-4(5)6(8)9/h4-5,7H,1-3H2,(H,8,9). The molecule has 2 atom stereocenters. The zero-order valence-electron chi connectivity index (χ0n) is 6.30. The highest BCUT2D eigenvalue weighted by Gasteiger charge is 2.36. The van der Waals surface area contributed by atoms with Crippen molar-refractivity contribution in [2.45, 2.75) is 12.5 Å². The number of hydrogen-bond donors (Lipinski definition) is 2. The van der Waals surface area contributed by atoms with Crippen molar-refractivity contribution in [2.75, 3.05) is 11.5 Å². The van der Waals surface area contributed by atoms with Crippen LogP contribution in [0.5, 0.6) is 0 Å². The molecule has 1 rings (SSSR count). The van der Waals surface area contributed by atoms with Gasteiger partial charge >= 0.3 is 5.97 Å². The SMILES string of the molecule is O=C(O)C1CS(=O)(=O)CCC1O. The number of aliphatic hydroxyl groups is 1. The van der Waals surface area contributed by atoms with E-state index in [1.54, 1.807) is 0 Å². The fourth-order valence-electron chi connectivity index (χ4n) is 1.21. The molecule has 1 aliphatic rings. The van der Waals surface area contributed by atoms with Crippen LogP contribution in [0.2, 0.25) is 0 Å². The van der Waals surface area contributed by atoms with Crippen molar-refractivity contribution in [3.05, 3.63) is 0 Å². The molecule has 0 aromatic heterocycles. The Bertz CT molecular complexity index is 280. The van der Waals surface area contributed by atoms with Crippen LogP contribution in [-0.2, 0) is 14.6 Å². The predicted octanol–water partition coefficient (Wildman–Crippen LogP) is -1.13. The molecule has 0 saturated carbocycles. The van der Waals surface area contributed by atoms with Gasteiger partial charge in [-0.2, -0.15) is 0 Å². The highest BCUT2D eigenvalue weighted by molar-refractivity contribution is 7.91. The number of rotatable bonds is 1. The maximum atomic E-state index is 10.9. The summed E-state index contributed by atoms with van der Waals surface area (Å²) in [5, 5.41) is 17.6. The normalized spacial score (nSPS) is 34.4. The van der Waals surface area contributed by atoms with Crippen LogP contribution >= 0.6 is 0 Å². The van der Waals surface area contributed by atoms with E-state index in [1.165, 1.54) is 0 Å². The van der Waals surface area contributed by atoms with Crippen LogP contribution in [0.3, 0.4) is 0 Å². The number of aliphatic hydroxyl groups excluding tert-OH is 1. The smallest absolute Gasteiger partial charge is 0.310 e. The molecule has 0 aromatic carbocycles. The van der Waals surface area contributed by atoms with Crippen molar-refractivity contribution in [3.63, 3.8) is 0 Å². The molecule has 2 N–H and O–H groups in total. The Morgan fingerprint density at radius 2 is 2.00 bits per heavy atom. The van der Waals surface area contributed by atoms with Gasteiger partial charge in [0.05, 0.1) is 23.5 Å². The van der Waals surface area contributed by atoms with Gasteiger partial charge in [0, 0.05) is 0 Å². The molecule has 0 aliphatic carbocycles. The van der Waals surface area contributed by atoms with Gasteiger partial charge in [0.25, 0.3) is 0 Å². The van der Waals surface area contributed by atoms with E-state index >= 15 is 0 Å². The minimum atomic E-state index is -3.25. The van der Waals surface area contributed by atoms with E-state index in [0.717, 1.165) is 0 Å². The zero-order valence-corrected chi connectivity index (χ0v) is 7.12. The van der Waals surface area contributed by atoms with Gasteiger partial charge in [-0.1, -0.05) is 0 Å². The highest BCUT2D eigenvalue weighted by Crippen LogP contribution is 2.18. The highest BCUT2D eigenvalue weighted by atomic mass is 32.2. The van der Waals surface area contributed by atoms with E-state index in [9.17, 15) is 13.2 Å². The monoisotopic (exact) mass is 194 g/mol. The second kappa shape index (κ2) is 3.02. The molecule has 1 saturated heterocycles. The second-order valence-corrected chi connectivity index (χ2v) is 5.14. The Balaban J connectivity index is 2.79. The molecule has 2 unspecified atom stereocenters. The van der Waals surface area contributed by atoms with Crippen molar-refractivity contribution >= 4 is 15.8 Å². The van der Waals surface area contributed by atoms with E-state index in [-0.39, 0.29) is 12.2 Å². The van der Waals surface area contributed by atoms with Crippen LogP contribution in [0.1, 0.15) is 6.42 Å². The molecule has 1 heterocycles. The number of sulfone groups is 1. The Morgan fingerprint density at radius 1 is 1.42 bits per heavy atom. The fraction of sp³-hybridized carbons (Fsp3) is 0.833. The van der Waals surface area contributed by atoms with Crippen LogP contribution < -0.4 is 0 Å². The Morgan fingerprint density at radius 3 is 2.42 bits per heavy atom. The van der Waals surface area contributed by atoms with Crippen molar-refractivity contribution in [3.8, 4) is 0 Å².